The molecule has 0 spiro atoms. The smallest absolute Gasteiger partial charge is 0.260 e. The van der Waals surface area contributed by atoms with Crippen molar-refractivity contribution in [3.05, 3.63) is 63.6 Å². The molecule has 138 valence electrons. The van der Waals surface area contributed by atoms with Crippen molar-refractivity contribution in [1.29, 1.82) is 0 Å². The molecule has 0 saturated carbocycles. The lowest BCUT2D eigenvalue weighted by atomic mass is 10.1. The van der Waals surface area contributed by atoms with Crippen molar-refractivity contribution in [2.45, 2.75) is 13.5 Å². The van der Waals surface area contributed by atoms with Crippen LogP contribution in [0.1, 0.15) is 11.1 Å². The summed E-state index contributed by atoms with van der Waals surface area (Å²) in [4.78, 5) is 16.6. The van der Waals surface area contributed by atoms with E-state index in [9.17, 15) is 4.79 Å². The van der Waals surface area contributed by atoms with Crippen molar-refractivity contribution in [3.8, 4) is 5.75 Å². The summed E-state index contributed by atoms with van der Waals surface area (Å²) in [5.41, 5.74) is 2.65. The van der Waals surface area contributed by atoms with Crippen molar-refractivity contribution in [2.75, 3.05) is 32.8 Å². The zero-order chi connectivity index (χ0) is 18.5. The number of benzene rings is 2. The number of aryl methyl sites for hydroxylation is 1. The summed E-state index contributed by atoms with van der Waals surface area (Å²) in [6, 6.07) is 13.4. The lowest BCUT2D eigenvalue weighted by molar-refractivity contribution is -0.135. The van der Waals surface area contributed by atoms with E-state index in [1.807, 2.05) is 4.90 Å². The maximum atomic E-state index is 12.4. The van der Waals surface area contributed by atoms with E-state index in [1.54, 1.807) is 18.2 Å². The topological polar surface area (TPSA) is 32.8 Å². The second kappa shape index (κ2) is 8.76. The van der Waals surface area contributed by atoms with E-state index in [-0.39, 0.29) is 12.5 Å². The van der Waals surface area contributed by atoms with Crippen molar-refractivity contribution in [3.63, 3.8) is 0 Å². The zero-order valence-electron chi connectivity index (χ0n) is 14.8. The van der Waals surface area contributed by atoms with Gasteiger partial charge in [-0.1, -0.05) is 47.5 Å². The molecule has 4 nitrogen and oxygen atoms in total. The van der Waals surface area contributed by atoms with Crippen LogP contribution in [0.2, 0.25) is 10.0 Å². The molecule has 1 fully saturated rings. The van der Waals surface area contributed by atoms with Gasteiger partial charge in [0.2, 0.25) is 0 Å². The fourth-order valence-electron chi connectivity index (χ4n) is 3.01. The molecule has 1 saturated heterocycles. The first kappa shape index (κ1) is 19.0. The van der Waals surface area contributed by atoms with E-state index in [2.05, 4.69) is 36.1 Å². The van der Waals surface area contributed by atoms with Crippen LogP contribution in [-0.2, 0) is 11.3 Å². The van der Waals surface area contributed by atoms with E-state index in [1.165, 1.54) is 11.1 Å². The van der Waals surface area contributed by atoms with Gasteiger partial charge in [-0.25, -0.2) is 0 Å². The summed E-state index contributed by atoms with van der Waals surface area (Å²) in [5, 5.41) is 0.951. The maximum absolute atomic E-state index is 12.4. The van der Waals surface area contributed by atoms with Crippen molar-refractivity contribution in [1.82, 2.24) is 9.80 Å². The van der Waals surface area contributed by atoms with Crippen molar-refractivity contribution in [2.24, 2.45) is 0 Å². The first-order valence-corrected chi connectivity index (χ1v) is 9.41. The SMILES string of the molecule is Cc1ccccc1CN1CCN(C(=O)COc2ccc(Cl)cc2Cl)CC1. The molecule has 0 aliphatic carbocycles. The highest BCUT2D eigenvalue weighted by atomic mass is 35.5. The molecule has 1 amide bonds. The molecule has 1 aliphatic rings. The van der Waals surface area contributed by atoms with Gasteiger partial charge in [0.15, 0.2) is 6.61 Å². The second-order valence-corrected chi connectivity index (χ2v) is 7.29. The van der Waals surface area contributed by atoms with Crippen LogP contribution in [0.15, 0.2) is 42.5 Å². The van der Waals surface area contributed by atoms with Crippen LogP contribution in [0.25, 0.3) is 0 Å². The minimum absolute atomic E-state index is 0.0147. The Hall–Kier alpha value is -1.75. The number of ether oxygens (including phenoxy) is 1. The summed E-state index contributed by atoms with van der Waals surface area (Å²) in [6.45, 7) is 6.19. The van der Waals surface area contributed by atoms with Crippen LogP contribution >= 0.6 is 23.2 Å². The van der Waals surface area contributed by atoms with Crippen LogP contribution < -0.4 is 4.74 Å². The summed E-state index contributed by atoms with van der Waals surface area (Å²) < 4.78 is 5.55. The van der Waals surface area contributed by atoms with E-state index >= 15 is 0 Å². The zero-order valence-corrected chi connectivity index (χ0v) is 16.3. The first-order chi connectivity index (χ1) is 12.5. The Balaban J connectivity index is 1.47. The third-order valence-corrected chi connectivity index (χ3v) is 5.16. The van der Waals surface area contributed by atoms with Crippen molar-refractivity contribution < 1.29 is 9.53 Å². The number of hydrogen-bond donors (Lipinski definition) is 0. The molecule has 1 aliphatic heterocycles. The number of hydrogen-bond acceptors (Lipinski definition) is 3. The van der Waals surface area contributed by atoms with Gasteiger partial charge in [0, 0.05) is 37.7 Å². The van der Waals surface area contributed by atoms with E-state index < -0.39 is 0 Å². The third kappa shape index (κ3) is 4.91. The average Bonchev–Trinajstić information content (AvgIpc) is 2.63. The number of nitrogens with zero attached hydrogens (tertiary/aromatic N) is 2. The molecule has 6 heteroatoms. The lowest BCUT2D eigenvalue weighted by Crippen LogP contribution is -2.49. The number of carbonyl (C=O) groups excluding carboxylic acids is 1. The standard InChI is InChI=1S/C20H22Cl2N2O2/c1-15-4-2-3-5-16(15)13-23-8-10-24(11-9-23)20(25)14-26-19-7-6-17(21)12-18(19)22/h2-7,12H,8-11,13-14H2,1H3. The molecular weight excluding hydrogens is 371 g/mol. The number of amides is 1. The van der Waals surface area contributed by atoms with E-state index in [0.717, 1.165) is 19.6 Å². The predicted molar refractivity (Wildman–Crippen MR) is 105 cm³/mol. The van der Waals surface area contributed by atoms with Gasteiger partial charge in [-0.05, 0) is 36.2 Å². The highest BCUT2D eigenvalue weighted by Gasteiger charge is 2.22. The van der Waals surface area contributed by atoms with Crippen LogP contribution in [0, 0.1) is 6.92 Å². The fourth-order valence-corrected chi connectivity index (χ4v) is 3.47. The van der Waals surface area contributed by atoms with Gasteiger partial charge in [0.25, 0.3) is 5.91 Å². The molecule has 2 aromatic rings. The van der Waals surface area contributed by atoms with Crippen LogP contribution in [0.3, 0.4) is 0 Å². The number of carbonyl (C=O) groups is 1. The molecule has 0 unspecified atom stereocenters. The highest BCUT2D eigenvalue weighted by Crippen LogP contribution is 2.27. The molecule has 26 heavy (non-hydrogen) atoms. The quantitative estimate of drug-likeness (QED) is 0.769. The minimum atomic E-state index is -0.0217. The summed E-state index contributed by atoms with van der Waals surface area (Å²) in [5.74, 6) is 0.453. The third-order valence-electron chi connectivity index (χ3n) is 4.63. The Morgan fingerprint density at radius 3 is 2.50 bits per heavy atom. The first-order valence-electron chi connectivity index (χ1n) is 8.65. The highest BCUT2D eigenvalue weighted by molar-refractivity contribution is 6.35. The lowest BCUT2D eigenvalue weighted by Gasteiger charge is -2.35. The molecule has 0 N–H and O–H groups in total. The minimum Gasteiger partial charge on any atom is -0.482 e. The average molecular weight is 393 g/mol. The predicted octanol–water partition coefficient (Wildman–Crippen LogP) is 4.03. The number of rotatable bonds is 5. The van der Waals surface area contributed by atoms with Crippen LogP contribution in [-0.4, -0.2) is 48.5 Å². The molecule has 0 aromatic heterocycles. The van der Waals surface area contributed by atoms with Gasteiger partial charge in [0.1, 0.15) is 5.75 Å². The molecule has 0 atom stereocenters. The van der Waals surface area contributed by atoms with Crippen LogP contribution in [0.5, 0.6) is 5.75 Å². The fraction of sp³-hybridized carbons (Fsp3) is 0.350. The van der Waals surface area contributed by atoms with Crippen LogP contribution in [0.4, 0.5) is 0 Å². The van der Waals surface area contributed by atoms with Gasteiger partial charge in [-0.2, -0.15) is 0 Å². The van der Waals surface area contributed by atoms with Gasteiger partial charge >= 0.3 is 0 Å². The summed E-state index contributed by atoms with van der Waals surface area (Å²) in [7, 11) is 0. The largest absolute Gasteiger partial charge is 0.482 e. The maximum Gasteiger partial charge on any atom is 0.260 e. The normalized spacial score (nSPS) is 15.1. The molecular formula is C20H22Cl2N2O2. The monoisotopic (exact) mass is 392 g/mol. The second-order valence-electron chi connectivity index (χ2n) is 6.45. The Bertz CT molecular complexity index is 774. The molecule has 1 heterocycles. The number of piperazine rings is 1. The van der Waals surface area contributed by atoms with Gasteiger partial charge < -0.3 is 9.64 Å². The van der Waals surface area contributed by atoms with Gasteiger partial charge in [-0.15, -0.1) is 0 Å². The molecule has 2 aromatic carbocycles. The summed E-state index contributed by atoms with van der Waals surface area (Å²) >= 11 is 11.9. The van der Waals surface area contributed by atoms with Gasteiger partial charge in [-0.3, -0.25) is 9.69 Å². The molecule has 0 bridgehead atoms. The Kier molecular flexibility index (Phi) is 6.41. The number of halogens is 2. The van der Waals surface area contributed by atoms with E-state index in [0.29, 0.717) is 28.9 Å². The Morgan fingerprint density at radius 2 is 1.81 bits per heavy atom. The molecule has 0 radical (unpaired) electrons. The van der Waals surface area contributed by atoms with Crippen molar-refractivity contribution >= 4 is 29.1 Å². The Labute approximate surface area is 164 Å². The summed E-state index contributed by atoms with van der Waals surface area (Å²) in [6.07, 6.45) is 0. The Morgan fingerprint density at radius 1 is 1.08 bits per heavy atom. The van der Waals surface area contributed by atoms with E-state index in [4.69, 9.17) is 27.9 Å². The molecule has 3 rings (SSSR count). The van der Waals surface area contributed by atoms with Gasteiger partial charge in [0.05, 0.1) is 5.02 Å².